The van der Waals surface area contributed by atoms with Crippen LogP contribution in [-0.2, 0) is 4.79 Å². The van der Waals surface area contributed by atoms with Crippen LogP contribution in [0.25, 0.3) is 0 Å². The zero-order valence-corrected chi connectivity index (χ0v) is 12.7. The Labute approximate surface area is 136 Å². The molecule has 3 N–H and O–H groups in total. The highest BCUT2D eigenvalue weighted by molar-refractivity contribution is 6.38. The number of carbonyl (C=O) groups excluding carboxylic acids is 1. The van der Waals surface area contributed by atoms with E-state index in [9.17, 15) is 4.79 Å². The van der Waals surface area contributed by atoms with Crippen molar-refractivity contribution in [3.8, 4) is 0 Å². The normalized spacial score (nSPS) is 11.6. The van der Waals surface area contributed by atoms with Gasteiger partial charge in [0, 0.05) is 0 Å². The molecule has 22 heavy (non-hydrogen) atoms. The number of azo groups is 1. The number of para-hydroxylation sites is 1. The van der Waals surface area contributed by atoms with Crippen LogP contribution in [0.1, 0.15) is 0 Å². The molecule has 0 bridgehead atoms. The number of nitrogens with two attached hydrogens (primary N) is 1. The van der Waals surface area contributed by atoms with Gasteiger partial charge in [-0.15, -0.1) is 15.3 Å². The Morgan fingerprint density at radius 3 is 2.27 bits per heavy atom. The maximum atomic E-state index is 11.3. The first-order valence-electron chi connectivity index (χ1n) is 6.12. The summed E-state index contributed by atoms with van der Waals surface area (Å²) in [4.78, 5) is 11.3. The predicted molar refractivity (Wildman–Crippen MR) is 87.7 cm³/mol. The fourth-order valence-corrected chi connectivity index (χ4v) is 1.78. The van der Waals surface area contributed by atoms with E-state index in [2.05, 4.69) is 20.8 Å². The third kappa shape index (κ3) is 4.28. The van der Waals surface area contributed by atoms with Crippen molar-refractivity contribution in [1.82, 2.24) is 0 Å². The summed E-state index contributed by atoms with van der Waals surface area (Å²) in [5, 5.41) is 12.2. The molecule has 0 fully saturated rings. The van der Waals surface area contributed by atoms with Crippen LogP contribution in [0.15, 0.2) is 63.9 Å². The van der Waals surface area contributed by atoms with Gasteiger partial charge in [-0.3, -0.25) is 10.2 Å². The number of halogens is 2. The lowest BCUT2D eigenvalue weighted by molar-refractivity contribution is -0.112. The largest absolute Gasteiger partial charge is 0.363 e. The molecular weight excluding hydrogens is 325 g/mol. The van der Waals surface area contributed by atoms with E-state index in [0.717, 1.165) is 0 Å². The predicted octanol–water partition coefficient (Wildman–Crippen LogP) is 3.99. The Kier molecular flexibility index (Phi) is 5.46. The van der Waals surface area contributed by atoms with Crippen LogP contribution < -0.4 is 11.2 Å². The van der Waals surface area contributed by atoms with E-state index in [1.54, 1.807) is 48.5 Å². The van der Waals surface area contributed by atoms with Crippen LogP contribution >= 0.6 is 23.2 Å². The Balaban J connectivity index is 2.20. The summed E-state index contributed by atoms with van der Waals surface area (Å²) in [6.07, 6.45) is 0. The molecule has 1 amide bonds. The number of anilines is 1. The van der Waals surface area contributed by atoms with E-state index in [0.29, 0.717) is 21.4 Å². The number of rotatable bonds is 3. The highest BCUT2D eigenvalue weighted by Gasteiger charge is 2.07. The van der Waals surface area contributed by atoms with Gasteiger partial charge < -0.3 is 5.73 Å². The van der Waals surface area contributed by atoms with Crippen LogP contribution in [0.2, 0.25) is 10.0 Å². The topological polar surface area (TPSA) is 92.2 Å². The van der Waals surface area contributed by atoms with Crippen molar-refractivity contribution in [2.24, 2.45) is 21.1 Å². The van der Waals surface area contributed by atoms with E-state index >= 15 is 0 Å². The molecule has 2 rings (SSSR count). The van der Waals surface area contributed by atoms with E-state index in [1.807, 2.05) is 0 Å². The first-order valence-corrected chi connectivity index (χ1v) is 6.88. The molecule has 0 aliphatic carbocycles. The van der Waals surface area contributed by atoms with Crippen molar-refractivity contribution in [2.45, 2.75) is 0 Å². The lowest BCUT2D eigenvalue weighted by atomic mass is 10.3. The minimum Gasteiger partial charge on any atom is -0.363 e. The number of hydrazone groups is 1. The molecule has 0 aliphatic rings. The van der Waals surface area contributed by atoms with Crippen molar-refractivity contribution in [3.63, 3.8) is 0 Å². The summed E-state index contributed by atoms with van der Waals surface area (Å²) in [5.41, 5.74) is 8.73. The summed E-state index contributed by atoms with van der Waals surface area (Å²) in [6.45, 7) is 0. The number of amides is 1. The number of carbonyl (C=O) groups is 1. The average molecular weight is 336 g/mol. The number of amidine groups is 1. The van der Waals surface area contributed by atoms with E-state index in [4.69, 9.17) is 28.9 Å². The third-order valence-corrected chi connectivity index (χ3v) is 3.13. The number of hydrogen-bond acceptors (Lipinski definition) is 4. The maximum Gasteiger partial charge on any atom is 0.290 e. The van der Waals surface area contributed by atoms with Gasteiger partial charge in [0.05, 0.1) is 15.7 Å². The van der Waals surface area contributed by atoms with Crippen LogP contribution in [0, 0.1) is 0 Å². The number of hydrogen-bond donors (Lipinski definition) is 2. The molecule has 0 unspecified atom stereocenters. The zero-order valence-electron chi connectivity index (χ0n) is 11.2. The summed E-state index contributed by atoms with van der Waals surface area (Å²) in [6, 6.07) is 13.7. The number of nitrogens with one attached hydrogen (secondary N) is 1. The number of nitrogens with zero attached hydrogens (tertiary/aromatic N) is 3. The molecule has 0 spiro atoms. The minimum atomic E-state index is -0.838. The van der Waals surface area contributed by atoms with Gasteiger partial charge in [0.25, 0.3) is 11.7 Å². The van der Waals surface area contributed by atoms with Crippen molar-refractivity contribution in [3.05, 3.63) is 58.6 Å². The van der Waals surface area contributed by atoms with E-state index in [-0.39, 0.29) is 5.84 Å². The SMILES string of the molecule is NC(=O)C(N=Nc1ccccc1Cl)=NNc1ccccc1Cl. The fourth-order valence-electron chi connectivity index (χ4n) is 1.43. The molecule has 0 heterocycles. The lowest BCUT2D eigenvalue weighted by Gasteiger charge is -2.02. The number of benzene rings is 2. The second-order valence-electron chi connectivity index (χ2n) is 4.04. The van der Waals surface area contributed by atoms with Crippen molar-refractivity contribution in [1.29, 1.82) is 0 Å². The Hall–Kier alpha value is -2.44. The molecule has 0 saturated heterocycles. The molecule has 6 nitrogen and oxygen atoms in total. The molecule has 2 aromatic rings. The van der Waals surface area contributed by atoms with Crippen LogP contribution in [0.3, 0.4) is 0 Å². The number of primary amides is 1. The van der Waals surface area contributed by atoms with Gasteiger partial charge in [-0.25, -0.2) is 0 Å². The molecule has 0 aromatic heterocycles. The molecule has 0 atom stereocenters. The van der Waals surface area contributed by atoms with Crippen molar-refractivity contribution >= 4 is 46.3 Å². The molecule has 8 heteroatoms. The fraction of sp³-hybridized carbons (Fsp3) is 0. The Morgan fingerprint density at radius 2 is 1.64 bits per heavy atom. The average Bonchev–Trinajstić information content (AvgIpc) is 2.50. The van der Waals surface area contributed by atoms with E-state index in [1.165, 1.54) is 0 Å². The van der Waals surface area contributed by atoms with Crippen LogP contribution in [-0.4, -0.2) is 11.7 Å². The Bertz CT molecular complexity index is 746. The molecular formula is C14H11Cl2N5O. The summed E-state index contributed by atoms with van der Waals surface area (Å²) in [5.74, 6) is -1.14. The summed E-state index contributed by atoms with van der Waals surface area (Å²) < 4.78 is 0. The monoisotopic (exact) mass is 335 g/mol. The standard InChI is InChI=1S/C14H11Cl2N5O/c15-9-5-1-3-7-11(9)18-20-14(13(17)22)21-19-12-8-4-2-6-10(12)16/h1-8,18H,(H2,17,22). The summed E-state index contributed by atoms with van der Waals surface area (Å²) in [7, 11) is 0. The van der Waals surface area contributed by atoms with Gasteiger partial charge in [-0.2, -0.15) is 0 Å². The maximum absolute atomic E-state index is 11.3. The van der Waals surface area contributed by atoms with Gasteiger partial charge in [-0.1, -0.05) is 47.5 Å². The quantitative estimate of drug-likeness (QED) is 0.384. The van der Waals surface area contributed by atoms with Gasteiger partial charge in [0.2, 0.25) is 0 Å². The summed E-state index contributed by atoms with van der Waals surface area (Å²) >= 11 is 11.9. The second kappa shape index (κ2) is 7.53. The first-order chi connectivity index (χ1) is 10.6. The van der Waals surface area contributed by atoms with Crippen LogP contribution in [0.5, 0.6) is 0 Å². The van der Waals surface area contributed by atoms with Crippen molar-refractivity contribution in [2.75, 3.05) is 5.43 Å². The van der Waals surface area contributed by atoms with Gasteiger partial charge in [0.1, 0.15) is 5.69 Å². The van der Waals surface area contributed by atoms with Gasteiger partial charge in [0.15, 0.2) is 0 Å². The highest BCUT2D eigenvalue weighted by Crippen LogP contribution is 2.24. The smallest absolute Gasteiger partial charge is 0.290 e. The third-order valence-electron chi connectivity index (χ3n) is 2.48. The van der Waals surface area contributed by atoms with Gasteiger partial charge in [-0.05, 0) is 24.3 Å². The molecule has 0 saturated carbocycles. The van der Waals surface area contributed by atoms with Gasteiger partial charge >= 0.3 is 0 Å². The van der Waals surface area contributed by atoms with Crippen LogP contribution in [0.4, 0.5) is 11.4 Å². The van der Waals surface area contributed by atoms with E-state index < -0.39 is 5.91 Å². The second-order valence-corrected chi connectivity index (χ2v) is 4.86. The lowest BCUT2D eigenvalue weighted by Crippen LogP contribution is -2.22. The van der Waals surface area contributed by atoms with Crippen molar-refractivity contribution < 1.29 is 4.79 Å². The molecule has 0 radical (unpaired) electrons. The molecule has 2 aromatic carbocycles. The first kappa shape index (κ1) is 15.9. The minimum absolute atomic E-state index is 0.306. The zero-order chi connectivity index (χ0) is 15.9. The Morgan fingerprint density at radius 1 is 1.00 bits per heavy atom. The molecule has 112 valence electrons. The highest BCUT2D eigenvalue weighted by atomic mass is 35.5. The molecule has 0 aliphatic heterocycles.